The third-order valence-electron chi connectivity index (χ3n) is 7.11. The zero-order valence-corrected chi connectivity index (χ0v) is 18.3. The molecule has 4 heteroatoms. The molecular weight excluding hydrogens is 322 g/mol. The molecule has 0 unspecified atom stereocenters. The third-order valence-corrected chi connectivity index (χ3v) is 7.11. The Hall–Kier alpha value is -0.610. The normalized spacial score (nSPS) is 22.8. The van der Waals surface area contributed by atoms with Crippen LogP contribution < -0.4 is 0 Å². The smallest absolute Gasteiger partial charge is 0.236 e. The third kappa shape index (κ3) is 5.95. The number of hydrogen-bond donors (Lipinski definition) is 0. The standard InChI is InChI=1S/C22H43N3O/c1-19(2)8-7-11-23-14-16-24(17-15-23)18-20(26)25-12-9-22(6,10-13-25)21(3,4)5/h19H,7-18H2,1-6H3. The van der Waals surface area contributed by atoms with Crippen LogP contribution in [0.2, 0.25) is 0 Å². The maximum atomic E-state index is 12.7. The summed E-state index contributed by atoms with van der Waals surface area (Å²) in [6, 6.07) is 0. The molecule has 152 valence electrons. The average Bonchev–Trinajstić information content (AvgIpc) is 2.56. The van der Waals surface area contributed by atoms with Crippen molar-refractivity contribution in [2.24, 2.45) is 16.7 Å². The van der Waals surface area contributed by atoms with Gasteiger partial charge < -0.3 is 9.80 Å². The predicted molar refractivity (Wildman–Crippen MR) is 110 cm³/mol. The van der Waals surface area contributed by atoms with Crippen LogP contribution in [-0.4, -0.2) is 73.0 Å². The lowest BCUT2D eigenvalue weighted by atomic mass is 9.63. The van der Waals surface area contributed by atoms with Crippen molar-refractivity contribution in [3.8, 4) is 0 Å². The Balaban J connectivity index is 1.68. The quantitative estimate of drug-likeness (QED) is 0.718. The van der Waals surface area contributed by atoms with Crippen LogP contribution >= 0.6 is 0 Å². The van der Waals surface area contributed by atoms with E-state index in [9.17, 15) is 4.79 Å². The number of amides is 1. The van der Waals surface area contributed by atoms with Crippen molar-refractivity contribution in [3.63, 3.8) is 0 Å². The van der Waals surface area contributed by atoms with E-state index >= 15 is 0 Å². The van der Waals surface area contributed by atoms with Crippen molar-refractivity contribution in [1.82, 2.24) is 14.7 Å². The van der Waals surface area contributed by atoms with Gasteiger partial charge in [0.05, 0.1) is 6.54 Å². The highest BCUT2D eigenvalue weighted by Crippen LogP contribution is 2.46. The molecule has 0 aromatic rings. The SMILES string of the molecule is CC(C)CCCN1CCN(CC(=O)N2CCC(C)(C(C)(C)C)CC2)CC1. The minimum atomic E-state index is 0.314. The fourth-order valence-corrected chi connectivity index (χ4v) is 4.19. The van der Waals surface area contributed by atoms with E-state index in [-0.39, 0.29) is 0 Å². The summed E-state index contributed by atoms with van der Waals surface area (Å²) in [7, 11) is 0. The lowest BCUT2D eigenvalue weighted by molar-refractivity contribution is -0.136. The van der Waals surface area contributed by atoms with E-state index in [0.29, 0.717) is 23.3 Å². The summed E-state index contributed by atoms with van der Waals surface area (Å²) < 4.78 is 0. The Bertz CT molecular complexity index is 439. The van der Waals surface area contributed by atoms with E-state index in [1.807, 2.05) is 0 Å². The van der Waals surface area contributed by atoms with Crippen LogP contribution in [0.1, 0.15) is 67.2 Å². The van der Waals surface area contributed by atoms with Crippen LogP contribution in [0.3, 0.4) is 0 Å². The molecule has 0 aromatic carbocycles. The number of nitrogens with zero attached hydrogens (tertiary/aromatic N) is 3. The monoisotopic (exact) mass is 365 g/mol. The van der Waals surface area contributed by atoms with E-state index < -0.39 is 0 Å². The summed E-state index contributed by atoms with van der Waals surface area (Å²) in [6.07, 6.45) is 4.88. The summed E-state index contributed by atoms with van der Waals surface area (Å²) in [4.78, 5) is 19.8. The van der Waals surface area contributed by atoms with Crippen LogP contribution in [0, 0.1) is 16.7 Å². The van der Waals surface area contributed by atoms with Gasteiger partial charge in [-0.25, -0.2) is 0 Å². The van der Waals surface area contributed by atoms with E-state index in [2.05, 4.69) is 56.2 Å². The van der Waals surface area contributed by atoms with Gasteiger partial charge in [-0.15, -0.1) is 0 Å². The van der Waals surface area contributed by atoms with E-state index in [4.69, 9.17) is 0 Å². The molecule has 4 nitrogen and oxygen atoms in total. The van der Waals surface area contributed by atoms with Gasteiger partial charge >= 0.3 is 0 Å². The summed E-state index contributed by atoms with van der Waals surface area (Å²) >= 11 is 0. The first-order valence-electron chi connectivity index (χ1n) is 10.8. The lowest BCUT2D eigenvalue weighted by Crippen LogP contribution is -2.52. The van der Waals surface area contributed by atoms with Crippen LogP contribution in [0.5, 0.6) is 0 Å². The maximum Gasteiger partial charge on any atom is 0.236 e. The summed E-state index contributed by atoms with van der Waals surface area (Å²) in [5.74, 6) is 1.15. The molecule has 0 aromatic heterocycles. The molecule has 0 saturated carbocycles. The van der Waals surface area contributed by atoms with Crippen molar-refractivity contribution in [1.29, 1.82) is 0 Å². The molecule has 0 N–H and O–H groups in total. The van der Waals surface area contributed by atoms with Gasteiger partial charge in [-0.1, -0.05) is 41.5 Å². The molecule has 26 heavy (non-hydrogen) atoms. The highest BCUT2D eigenvalue weighted by molar-refractivity contribution is 5.78. The van der Waals surface area contributed by atoms with Gasteiger partial charge in [0.1, 0.15) is 0 Å². The number of piperidine rings is 1. The molecule has 2 rings (SSSR count). The molecule has 0 atom stereocenters. The maximum absolute atomic E-state index is 12.7. The van der Waals surface area contributed by atoms with Gasteiger partial charge in [0.2, 0.25) is 5.91 Å². The number of hydrogen-bond acceptors (Lipinski definition) is 3. The largest absolute Gasteiger partial charge is 0.342 e. The molecule has 1 amide bonds. The Morgan fingerprint density at radius 3 is 2.00 bits per heavy atom. The number of piperazine rings is 1. The Morgan fingerprint density at radius 1 is 0.962 bits per heavy atom. The zero-order valence-electron chi connectivity index (χ0n) is 18.3. The Morgan fingerprint density at radius 2 is 1.50 bits per heavy atom. The molecule has 0 bridgehead atoms. The second-order valence-corrected chi connectivity index (χ2v) is 10.3. The minimum Gasteiger partial charge on any atom is -0.342 e. The van der Waals surface area contributed by atoms with Gasteiger partial charge in [-0.05, 0) is 49.0 Å². The van der Waals surface area contributed by atoms with E-state index in [0.717, 1.165) is 58.0 Å². The average molecular weight is 366 g/mol. The predicted octanol–water partition coefficient (Wildman–Crippen LogP) is 3.72. The number of carbonyl (C=O) groups is 1. The van der Waals surface area contributed by atoms with E-state index in [1.54, 1.807) is 0 Å². The second-order valence-electron chi connectivity index (χ2n) is 10.3. The van der Waals surface area contributed by atoms with Crippen molar-refractivity contribution in [2.45, 2.75) is 67.2 Å². The van der Waals surface area contributed by atoms with Gasteiger partial charge in [0.15, 0.2) is 0 Å². The molecule has 2 aliphatic rings. The molecule has 0 radical (unpaired) electrons. The fraction of sp³-hybridized carbons (Fsp3) is 0.955. The van der Waals surface area contributed by atoms with Crippen LogP contribution in [0.25, 0.3) is 0 Å². The summed E-state index contributed by atoms with van der Waals surface area (Å²) in [5.41, 5.74) is 0.666. The van der Waals surface area contributed by atoms with Gasteiger partial charge in [-0.2, -0.15) is 0 Å². The van der Waals surface area contributed by atoms with Crippen LogP contribution in [0.15, 0.2) is 0 Å². The highest BCUT2D eigenvalue weighted by Gasteiger charge is 2.40. The highest BCUT2D eigenvalue weighted by atomic mass is 16.2. The van der Waals surface area contributed by atoms with Gasteiger partial charge in [0, 0.05) is 39.3 Å². The number of carbonyl (C=O) groups excluding carboxylic acids is 1. The number of likely N-dealkylation sites (tertiary alicyclic amines) is 1. The first-order chi connectivity index (χ1) is 12.1. The second kappa shape index (κ2) is 9.05. The van der Waals surface area contributed by atoms with Crippen LogP contribution in [0.4, 0.5) is 0 Å². The zero-order chi connectivity index (χ0) is 19.4. The molecule has 0 spiro atoms. The Kier molecular flexibility index (Phi) is 7.55. The van der Waals surface area contributed by atoms with E-state index in [1.165, 1.54) is 19.4 Å². The molecule has 2 fully saturated rings. The van der Waals surface area contributed by atoms with Crippen LogP contribution in [-0.2, 0) is 4.79 Å². The molecular formula is C22H43N3O. The number of rotatable bonds is 6. The summed E-state index contributed by atoms with van der Waals surface area (Å²) in [5, 5.41) is 0. The summed E-state index contributed by atoms with van der Waals surface area (Å²) in [6.45, 7) is 22.0. The van der Waals surface area contributed by atoms with Gasteiger partial charge in [-0.3, -0.25) is 9.69 Å². The molecule has 2 aliphatic heterocycles. The fourth-order valence-electron chi connectivity index (χ4n) is 4.19. The minimum absolute atomic E-state index is 0.314. The molecule has 2 saturated heterocycles. The molecule has 2 heterocycles. The van der Waals surface area contributed by atoms with Crippen molar-refractivity contribution >= 4 is 5.91 Å². The van der Waals surface area contributed by atoms with Crippen molar-refractivity contribution < 1.29 is 4.79 Å². The lowest BCUT2D eigenvalue weighted by Gasteiger charge is -2.48. The van der Waals surface area contributed by atoms with Crippen molar-refractivity contribution in [3.05, 3.63) is 0 Å². The van der Waals surface area contributed by atoms with Gasteiger partial charge in [0.25, 0.3) is 0 Å². The molecule has 0 aliphatic carbocycles. The first kappa shape index (κ1) is 21.7. The topological polar surface area (TPSA) is 26.8 Å². The first-order valence-corrected chi connectivity index (χ1v) is 10.8. The Labute approximate surface area is 162 Å². The van der Waals surface area contributed by atoms with Crippen molar-refractivity contribution in [2.75, 3.05) is 52.4 Å².